The summed E-state index contributed by atoms with van der Waals surface area (Å²) in [5.74, 6) is 0.137. The normalized spacial score (nSPS) is 11.4. The van der Waals surface area contributed by atoms with Gasteiger partial charge in [0.2, 0.25) is 0 Å². The largest absolute Gasteiger partial charge is 0.379 e. The third kappa shape index (κ3) is 23.4. The zero-order valence-electron chi connectivity index (χ0n) is 16.7. The second-order valence-electron chi connectivity index (χ2n) is 5.93. The smallest absolute Gasteiger partial charge is 0.132 e. The zero-order chi connectivity index (χ0) is 19.3. The summed E-state index contributed by atoms with van der Waals surface area (Å²) >= 11 is 0. The molecular formula is C18H37NO7. The van der Waals surface area contributed by atoms with E-state index in [9.17, 15) is 4.79 Å². The molecule has 0 unspecified atom stereocenters. The molecule has 0 aromatic carbocycles. The summed E-state index contributed by atoms with van der Waals surface area (Å²) in [6, 6.07) is 0. The molecule has 0 aliphatic rings. The highest BCUT2D eigenvalue weighted by molar-refractivity contribution is 5.75. The summed E-state index contributed by atoms with van der Waals surface area (Å²) in [6.07, 6.45) is 0.457. The third-order valence-electron chi connectivity index (χ3n) is 3.14. The van der Waals surface area contributed by atoms with Gasteiger partial charge < -0.3 is 33.3 Å². The summed E-state index contributed by atoms with van der Waals surface area (Å²) in [5, 5.41) is 0. The molecule has 0 saturated carbocycles. The quantitative estimate of drug-likeness (QED) is 0.269. The Morgan fingerprint density at radius 2 is 0.885 bits per heavy atom. The topological polar surface area (TPSA) is 75.7 Å². The van der Waals surface area contributed by atoms with Gasteiger partial charge >= 0.3 is 0 Å². The molecule has 8 nitrogen and oxygen atoms in total. The van der Waals surface area contributed by atoms with Crippen LogP contribution in [0.5, 0.6) is 0 Å². The van der Waals surface area contributed by atoms with E-state index in [1.807, 2.05) is 14.1 Å². The van der Waals surface area contributed by atoms with Crippen LogP contribution in [0.3, 0.4) is 0 Å². The molecule has 8 heteroatoms. The van der Waals surface area contributed by atoms with Crippen molar-refractivity contribution < 1.29 is 33.2 Å². The fourth-order valence-electron chi connectivity index (χ4n) is 1.66. The van der Waals surface area contributed by atoms with Crippen molar-refractivity contribution in [3.8, 4) is 0 Å². The van der Waals surface area contributed by atoms with E-state index >= 15 is 0 Å². The first-order valence-corrected chi connectivity index (χ1v) is 9.23. The fraction of sp³-hybridized carbons (Fsp3) is 0.944. The first-order chi connectivity index (χ1) is 12.6. The SMILES string of the molecule is CC(=O)CCOCCOCCOCCOCCOCCOCCN(C)C. The van der Waals surface area contributed by atoms with Gasteiger partial charge in [-0.2, -0.15) is 0 Å². The minimum absolute atomic E-state index is 0.137. The monoisotopic (exact) mass is 379 g/mol. The van der Waals surface area contributed by atoms with Crippen LogP contribution in [0.1, 0.15) is 13.3 Å². The summed E-state index contributed by atoms with van der Waals surface area (Å²) < 4.78 is 32.2. The molecule has 0 atom stereocenters. The lowest BCUT2D eigenvalue weighted by molar-refractivity contribution is -0.118. The van der Waals surface area contributed by atoms with Crippen LogP contribution in [0.4, 0.5) is 0 Å². The second kappa shape index (κ2) is 20.7. The molecule has 0 amide bonds. The average Bonchev–Trinajstić information content (AvgIpc) is 2.59. The van der Waals surface area contributed by atoms with Gasteiger partial charge in [0.05, 0.1) is 79.3 Å². The van der Waals surface area contributed by atoms with Gasteiger partial charge in [0, 0.05) is 13.0 Å². The van der Waals surface area contributed by atoms with Crippen molar-refractivity contribution in [1.29, 1.82) is 0 Å². The lowest BCUT2D eigenvalue weighted by atomic mass is 10.3. The van der Waals surface area contributed by atoms with Crippen LogP contribution in [-0.2, 0) is 33.2 Å². The minimum atomic E-state index is 0.137. The van der Waals surface area contributed by atoms with Gasteiger partial charge in [-0.3, -0.25) is 4.79 Å². The molecule has 0 aliphatic carbocycles. The number of Topliss-reactive ketones (excluding diaryl/α,β-unsaturated/α-hetero) is 1. The van der Waals surface area contributed by atoms with Gasteiger partial charge in [-0.15, -0.1) is 0 Å². The van der Waals surface area contributed by atoms with Gasteiger partial charge in [-0.25, -0.2) is 0 Å². The van der Waals surface area contributed by atoms with E-state index in [1.165, 1.54) is 0 Å². The Kier molecular flexibility index (Phi) is 20.2. The van der Waals surface area contributed by atoms with Gasteiger partial charge in [-0.1, -0.05) is 0 Å². The van der Waals surface area contributed by atoms with Crippen LogP contribution >= 0.6 is 0 Å². The van der Waals surface area contributed by atoms with Gasteiger partial charge in [0.25, 0.3) is 0 Å². The van der Waals surface area contributed by atoms with Crippen LogP contribution < -0.4 is 0 Å². The Hall–Kier alpha value is -0.610. The van der Waals surface area contributed by atoms with Crippen LogP contribution in [0.2, 0.25) is 0 Å². The Balaban J connectivity index is 3.00. The molecule has 0 N–H and O–H groups in total. The molecule has 0 rings (SSSR count). The van der Waals surface area contributed by atoms with Crippen molar-refractivity contribution in [3.05, 3.63) is 0 Å². The standard InChI is InChI=1S/C18H37NO7/c1-18(20)4-6-21-8-10-23-12-14-25-16-17-26-15-13-24-11-9-22-7-5-19(2)3/h4-17H2,1-3H3. The summed E-state index contributed by atoms with van der Waals surface area (Å²) in [5.41, 5.74) is 0. The van der Waals surface area contributed by atoms with E-state index < -0.39 is 0 Å². The van der Waals surface area contributed by atoms with Crippen molar-refractivity contribution in [2.75, 3.05) is 99.9 Å². The van der Waals surface area contributed by atoms with Crippen molar-refractivity contribution in [1.82, 2.24) is 4.90 Å². The fourth-order valence-corrected chi connectivity index (χ4v) is 1.66. The predicted molar refractivity (Wildman–Crippen MR) is 98.8 cm³/mol. The lowest BCUT2D eigenvalue weighted by Crippen LogP contribution is -2.19. The van der Waals surface area contributed by atoms with Gasteiger partial charge in [0.1, 0.15) is 5.78 Å². The number of carbonyl (C=O) groups is 1. The highest BCUT2D eigenvalue weighted by atomic mass is 16.6. The van der Waals surface area contributed by atoms with Gasteiger partial charge in [-0.05, 0) is 21.0 Å². The molecule has 0 saturated heterocycles. The number of hydrogen-bond donors (Lipinski definition) is 0. The number of hydrogen-bond acceptors (Lipinski definition) is 8. The first-order valence-electron chi connectivity index (χ1n) is 9.23. The second-order valence-corrected chi connectivity index (χ2v) is 5.93. The number of carbonyl (C=O) groups excluding carboxylic acids is 1. The molecule has 0 aliphatic heterocycles. The number of ether oxygens (including phenoxy) is 6. The number of likely N-dealkylation sites (N-methyl/N-ethyl adjacent to an activating group) is 1. The first kappa shape index (κ1) is 25.4. The van der Waals surface area contributed by atoms with Crippen LogP contribution in [0, 0.1) is 0 Å². The van der Waals surface area contributed by atoms with E-state index in [1.54, 1.807) is 6.92 Å². The van der Waals surface area contributed by atoms with Crippen molar-refractivity contribution in [2.45, 2.75) is 13.3 Å². The lowest BCUT2D eigenvalue weighted by Gasteiger charge is -2.10. The highest BCUT2D eigenvalue weighted by Crippen LogP contribution is 1.87. The van der Waals surface area contributed by atoms with E-state index in [2.05, 4.69) is 4.90 Å². The Morgan fingerprint density at radius 1 is 0.577 bits per heavy atom. The highest BCUT2D eigenvalue weighted by Gasteiger charge is 1.95. The number of ketones is 1. The molecule has 0 aromatic heterocycles. The molecule has 0 spiro atoms. The van der Waals surface area contributed by atoms with E-state index in [0.717, 1.165) is 13.2 Å². The predicted octanol–water partition coefficient (Wildman–Crippen LogP) is 0.627. The maximum absolute atomic E-state index is 10.7. The number of rotatable bonds is 21. The maximum atomic E-state index is 10.7. The third-order valence-corrected chi connectivity index (χ3v) is 3.14. The summed E-state index contributed by atoms with van der Waals surface area (Å²) in [4.78, 5) is 12.8. The van der Waals surface area contributed by atoms with E-state index in [-0.39, 0.29) is 5.78 Å². The van der Waals surface area contributed by atoms with Crippen molar-refractivity contribution >= 4 is 5.78 Å². The summed E-state index contributed by atoms with van der Waals surface area (Å²) in [7, 11) is 4.03. The molecule has 0 radical (unpaired) electrons. The molecule has 156 valence electrons. The van der Waals surface area contributed by atoms with E-state index in [4.69, 9.17) is 28.4 Å². The molecule has 0 heterocycles. The Labute approximate surface area is 158 Å². The van der Waals surface area contributed by atoms with Crippen LogP contribution in [0.25, 0.3) is 0 Å². The van der Waals surface area contributed by atoms with Crippen LogP contribution in [0.15, 0.2) is 0 Å². The maximum Gasteiger partial charge on any atom is 0.132 e. The molecule has 26 heavy (non-hydrogen) atoms. The summed E-state index contributed by atoms with van der Waals surface area (Å²) in [6.45, 7) is 9.08. The Morgan fingerprint density at radius 3 is 1.19 bits per heavy atom. The molecule has 0 aromatic rings. The van der Waals surface area contributed by atoms with Crippen LogP contribution in [-0.4, -0.2) is 111 Å². The average molecular weight is 379 g/mol. The Bertz CT molecular complexity index is 303. The minimum Gasteiger partial charge on any atom is -0.379 e. The molecule has 0 fully saturated rings. The van der Waals surface area contributed by atoms with Gasteiger partial charge in [0.15, 0.2) is 0 Å². The molecule has 0 bridgehead atoms. The number of nitrogens with zero attached hydrogens (tertiary/aromatic N) is 1. The van der Waals surface area contributed by atoms with E-state index in [0.29, 0.717) is 79.1 Å². The zero-order valence-corrected chi connectivity index (χ0v) is 16.7. The molecular weight excluding hydrogens is 342 g/mol. The van der Waals surface area contributed by atoms with Crippen molar-refractivity contribution in [2.24, 2.45) is 0 Å². The van der Waals surface area contributed by atoms with Crippen molar-refractivity contribution in [3.63, 3.8) is 0 Å².